The Bertz CT molecular complexity index is 564. The quantitative estimate of drug-likeness (QED) is 0.796. The molecule has 3 nitrogen and oxygen atoms in total. The largest absolute Gasteiger partial charge is 0.296 e. The Balaban J connectivity index is 2.49. The van der Waals surface area contributed by atoms with Crippen molar-refractivity contribution in [2.45, 2.75) is 13.5 Å². The number of carbonyl (C=O) groups excluding carboxylic acids is 1. The van der Waals surface area contributed by atoms with Gasteiger partial charge in [-0.2, -0.15) is 5.10 Å². The smallest absolute Gasteiger partial charge is 0.168 e. The summed E-state index contributed by atoms with van der Waals surface area (Å²) in [6.45, 7) is 2.58. The fraction of sp³-hybridized carbons (Fsp3) is 0.167. The minimum atomic E-state index is 0.475. The molecule has 1 heterocycles. The zero-order valence-corrected chi connectivity index (χ0v) is 10.7. The Kier molecular flexibility index (Phi) is 3.50. The zero-order chi connectivity index (χ0) is 12.4. The molecule has 5 heteroatoms. The van der Waals surface area contributed by atoms with E-state index in [1.807, 2.05) is 13.0 Å². The lowest BCUT2D eigenvalue weighted by Crippen LogP contribution is -2.00. The molecule has 0 aliphatic rings. The van der Waals surface area contributed by atoms with Crippen molar-refractivity contribution >= 4 is 29.5 Å². The normalized spacial score (nSPS) is 10.5. The van der Waals surface area contributed by atoms with Crippen LogP contribution in [0.5, 0.6) is 0 Å². The number of aldehydes is 1. The van der Waals surface area contributed by atoms with Gasteiger partial charge < -0.3 is 0 Å². The summed E-state index contributed by atoms with van der Waals surface area (Å²) in [6, 6.07) is 7.01. The molecule has 0 aliphatic carbocycles. The second-order valence-corrected chi connectivity index (χ2v) is 4.33. The van der Waals surface area contributed by atoms with Gasteiger partial charge in [0.05, 0.1) is 15.7 Å². The van der Waals surface area contributed by atoms with Gasteiger partial charge in [0.1, 0.15) is 5.69 Å². The van der Waals surface area contributed by atoms with E-state index < -0.39 is 0 Å². The van der Waals surface area contributed by atoms with E-state index in [-0.39, 0.29) is 0 Å². The maximum absolute atomic E-state index is 10.8. The summed E-state index contributed by atoms with van der Waals surface area (Å²) in [4.78, 5) is 10.8. The zero-order valence-electron chi connectivity index (χ0n) is 9.15. The lowest BCUT2D eigenvalue weighted by Gasteiger charge is -1.99. The lowest BCUT2D eigenvalue weighted by atomic mass is 10.1. The molecule has 0 atom stereocenters. The van der Waals surface area contributed by atoms with Crippen molar-refractivity contribution in [3.63, 3.8) is 0 Å². The molecule has 0 saturated carbocycles. The monoisotopic (exact) mass is 268 g/mol. The van der Waals surface area contributed by atoms with Crippen LogP contribution >= 0.6 is 23.2 Å². The van der Waals surface area contributed by atoms with E-state index in [9.17, 15) is 4.79 Å². The molecule has 0 radical (unpaired) electrons. The van der Waals surface area contributed by atoms with E-state index in [1.165, 1.54) is 0 Å². The molecule has 0 fully saturated rings. The topological polar surface area (TPSA) is 34.9 Å². The summed E-state index contributed by atoms with van der Waals surface area (Å²) >= 11 is 11.8. The number of aryl methyl sites for hydroxylation is 1. The number of carbonyl (C=O) groups is 1. The van der Waals surface area contributed by atoms with Gasteiger partial charge in [-0.1, -0.05) is 29.3 Å². The molecular formula is C12H10Cl2N2O. The fourth-order valence-corrected chi connectivity index (χ4v) is 1.87. The molecular weight excluding hydrogens is 259 g/mol. The summed E-state index contributed by atoms with van der Waals surface area (Å²) in [5.74, 6) is 0. The predicted molar refractivity (Wildman–Crippen MR) is 68.7 cm³/mol. The minimum absolute atomic E-state index is 0.475. The predicted octanol–water partition coefficient (Wildman–Crippen LogP) is 3.69. The molecule has 0 spiro atoms. The van der Waals surface area contributed by atoms with Gasteiger partial charge in [0.25, 0.3) is 0 Å². The van der Waals surface area contributed by atoms with E-state index in [4.69, 9.17) is 23.2 Å². The van der Waals surface area contributed by atoms with Crippen LogP contribution in [0.2, 0.25) is 10.0 Å². The van der Waals surface area contributed by atoms with E-state index in [1.54, 1.807) is 22.9 Å². The van der Waals surface area contributed by atoms with Crippen molar-refractivity contribution in [2.75, 3.05) is 0 Å². The van der Waals surface area contributed by atoms with Crippen LogP contribution in [-0.4, -0.2) is 16.1 Å². The maximum Gasteiger partial charge on any atom is 0.168 e. The highest BCUT2D eigenvalue weighted by molar-refractivity contribution is 6.42. The maximum atomic E-state index is 10.8. The molecule has 1 aromatic heterocycles. The van der Waals surface area contributed by atoms with Gasteiger partial charge in [-0.15, -0.1) is 0 Å². The van der Waals surface area contributed by atoms with Crippen LogP contribution in [0.3, 0.4) is 0 Å². The lowest BCUT2D eigenvalue weighted by molar-refractivity contribution is 0.111. The number of benzene rings is 1. The number of hydrogen-bond donors (Lipinski definition) is 0. The van der Waals surface area contributed by atoms with Crippen molar-refractivity contribution in [2.24, 2.45) is 0 Å². The first-order valence-corrected chi connectivity index (χ1v) is 5.89. The van der Waals surface area contributed by atoms with Crippen molar-refractivity contribution in [1.82, 2.24) is 9.78 Å². The Labute approximate surface area is 109 Å². The number of hydrogen-bond acceptors (Lipinski definition) is 2. The van der Waals surface area contributed by atoms with Crippen LogP contribution in [-0.2, 0) is 6.54 Å². The van der Waals surface area contributed by atoms with Crippen molar-refractivity contribution in [3.8, 4) is 11.3 Å². The molecule has 0 unspecified atom stereocenters. The van der Waals surface area contributed by atoms with E-state index in [2.05, 4.69) is 5.10 Å². The van der Waals surface area contributed by atoms with Crippen molar-refractivity contribution in [3.05, 3.63) is 40.0 Å². The third-order valence-electron chi connectivity index (χ3n) is 2.45. The summed E-state index contributed by atoms with van der Waals surface area (Å²) in [5, 5.41) is 5.30. The molecule has 17 heavy (non-hydrogen) atoms. The molecule has 2 aromatic rings. The molecule has 0 aliphatic heterocycles. The number of rotatable bonds is 3. The second-order valence-electron chi connectivity index (χ2n) is 3.52. The molecule has 1 aromatic carbocycles. The van der Waals surface area contributed by atoms with Crippen LogP contribution in [0.1, 0.15) is 17.4 Å². The van der Waals surface area contributed by atoms with Gasteiger partial charge in [-0.25, -0.2) is 0 Å². The first-order valence-electron chi connectivity index (χ1n) is 5.14. The average molecular weight is 269 g/mol. The summed E-state index contributed by atoms with van der Waals surface area (Å²) in [6.07, 6.45) is 0.789. The third kappa shape index (κ3) is 2.35. The summed E-state index contributed by atoms with van der Waals surface area (Å²) in [5.41, 5.74) is 2.11. The van der Waals surface area contributed by atoms with Gasteiger partial charge in [-0.05, 0) is 25.1 Å². The molecule has 88 valence electrons. The molecule has 2 rings (SSSR count). The van der Waals surface area contributed by atoms with Gasteiger partial charge >= 0.3 is 0 Å². The van der Waals surface area contributed by atoms with Crippen molar-refractivity contribution in [1.29, 1.82) is 0 Å². The van der Waals surface area contributed by atoms with Crippen LogP contribution < -0.4 is 0 Å². The molecule has 0 saturated heterocycles. The van der Waals surface area contributed by atoms with Crippen LogP contribution in [0.15, 0.2) is 24.3 Å². The fourth-order valence-electron chi connectivity index (χ4n) is 1.58. The minimum Gasteiger partial charge on any atom is -0.296 e. The highest BCUT2D eigenvalue weighted by atomic mass is 35.5. The molecule has 0 bridgehead atoms. The molecule has 0 N–H and O–H groups in total. The summed E-state index contributed by atoms with van der Waals surface area (Å²) < 4.78 is 1.64. The Morgan fingerprint density at radius 1 is 1.29 bits per heavy atom. The van der Waals surface area contributed by atoms with Crippen LogP contribution in [0.4, 0.5) is 0 Å². The van der Waals surface area contributed by atoms with Crippen LogP contribution in [0.25, 0.3) is 11.3 Å². The van der Waals surface area contributed by atoms with Gasteiger partial charge in [0.2, 0.25) is 0 Å². The Morgan fingerprint density at radius 2 is 2.06 bits per heavy atom. The molecule has 0 amide bonds. The SMILES string of the molecule is CCn1nc(-c2ccc(Cl)c(Cl)c2)cc1C=O. The average Bonchev–Trinajstić information content (AvgIpc) is 2.75. The van der Waals surface area contributed by atoms with Crippen LogP contribution in [0, 0.1) is 0 Å². The Morgan fingerprint density at radius 3 is 2.59 bits per heavy atom. The second kappa shape index (κ2) is 4.90. The third-order valence-corrected chi connectivity index (χ3v) is 3.19. The van der Waals surface area contributed by atoms with Gasteiger partial charge in [0.15, 0.2) is 6.29 Å². The Hall–Kier alpha value is -1.32. The standard InChI is InChI=1S/C12H10Cl2N2O/c1-2-16-9(7-17)6-12(15-16)8-3-4-10(13)11(14)5-8/h3-7H,2H2,1H3. The first kappa shape index (κ1) is 12.1. The highest BCUT2D eigenvalue weighted by Gasteiger charge is 2.09. The first-order chi connectivity index (χ1) is 8.15. The van der Waals surface area contributed by atoms with E-state index >= 15 is 0 Å². The van der Waals surface area contributed by atoms with Gasteiger partial charge in [0, 0.05) is 12.1 Å². The van der Waals surface area contributed by atoms with Crippen molar-refractivity contribution < 1.29 is 4.79 Å². The van der Waals surface area contributed by atoms with E-state index in [0.717, 1.165) is 11.8 Å². The highest BCUT2D eigenvalue weighted by Crippen LogP contribution is 2.28. The summed E-state index contributed by atoms with van der Waals surface area (Å²) in [7, 11) is 0. The van der Waals surface area contributed by atoms with Gasteiger partial charge in [-0.3, -0.25) is 9.48 Å². The number of nitrogens with zero attached hydrogens (tertiary/aromatic N) is 2. The van der Waals surface area contributed by atoms with E-state index in [0.29, 0.717) is 28.0 Å². The number of aromatic nitrogens is 2. The number of halogens is 2.